The first kappa shape index (κ1) is 41.6. The molecule has 0 saturated carbocycles. The number of benzene rings is 11. The fraction of sp³-hybridized carbons (Fsp3) is 0. The van der Waals surface area contributed by atoms with Gasteiger partial charge in [0, 0.05) is 84.1 Å². The number of anilines is 9. The SMILES string of the molecule is c1ccc(N(c2ccccc2)c2cccc(N(c3cccc(N(c4ccccc4)c4ccc5c6ccccc6n(-c6ccccc6)c5c4)c3)c3ccc4c5ccccc5n(-c5ccccc5)c4c3)c2)cc1. The van der Waals surface area contributed by atoms with Gasteiger partial charge in [0.2, 0.25) is 0 Å². The van der Waals surface area contributed by atoms with Crippen LogP contribution in [0.4, 0.5) is 51.2 Å². The van der Waals surface area contributed by atoms with Gasteiger partial charge in [-0.25, -0.2) is 0 Å². The highest BCUT2D eigenvalue weighted by atomic mass is 15.2. The summed E-state index contributed by atoms with van der Waals surface area (Å²) >= 11 is 0. The van der Waals surface area contributed by atoms with Crippen molar-refractivity contribution in [2.75, 3.05) is 14.7 Å². The van der Waals surface area contributed by atoms with Gasteiger partial charge in [0.25, 0.3) is 0 Å². The zero-order valence-corrected chi connectivity index (χ0v) is 38.9. The van der Waals surface area contributed by atoms with E-state index in [0.717, 1.165) is 73.6 Å². The largest absolute Gasteiger partial charge is 0.310 e. The van der Waals surface area contributed by atoms with E-state index in [2.05, 4.69) is 309 Å². The maximum atomic E-state index is 2.41. The van der Waals surface area contributed by atoms with Crippen molar-refractivity contribution < 1.29 is 0 Å². The van der Waals surface area contributed by atoms with E-state index in [1.54, 1.807) is 0 Å². The first-order chi connectivity index (χ1) is 35.2. The number of nitrogens with zero attached hydrogens (tertiary/aromatic N) is 5. The van der Waals surface area contributed by atoms with Crippen LogP contribution in [0.3, 0.4) is 0 Å². The van der Waals surface area contributed by atoms with Crippen LogP contribution in [0, 0.1) is 0 Å². The van der Waals surface area contributed by atoms with Crippen LogP contribution in [-0.2, 0) is 0 Å². The molecule has 13 rings (SSSR count). The summed E-state index contributed by atoms with van der Waals surface area (Å²) in [4.78, 5) is 7.12. The van der Waals surface area contributed by atoms with Gasteiger partial charge in [-0.2, -0.15) is 0 Å². The standard InChI is InChI=1S/C66H47N5/c1-6-22-48(23-7-1)67(49-24-8-2-9-25-49)53-32-20-34-55(44-53)69(58-41-43-62-60-37-17-19-39-64(60)71(66(62)47-58)52-30-14-5-15-31-52)56-35-21-33-54(45-56)68(50-26-10-3-11-27-50)57-40-42-61-59-36-16-18-38-63(59)70(65(61)46-57)51-28-12-4-13-29-51/h1-47H. The van der Waals surface area contributed by atoms with Gasteiger partial charge < -0.3 is 23.8 Å². The summed E-state index contributed by atoms with van der Waals surface area (Å²) in [5.41, 5.74) is 16.3. The predicted octanol–water partition coefficient (Wildman–Crippen LogP) is 18.3. The molecule has 0 saturated heterocycles. The van der Waals surface area contributed by atoms with E-state index in [0.29, 0.717) is 0 Å². The smallest absolute Gasteiger partial charge is 0.0561 e. The van der Waals surface area contributed by atoms with Crippen LogP contribution in [0.2, 0.25) is 0 Å². The summed E-state index contributed by atoms with van der Waals surface area (Å²) in [6.07, 6.45) is 0. The molecule has 11 aromatic carbocycles. The minimum absolute atomic E-state index is 1.02. The molecule has 336 valence electrons. The highest BCUT2D eigenvalue weighted by Crippen LogP contribution is 2.46. The Morgan fingerprint density at radius 2 is 0.451 bits per heavy atom. The Kier molecular flexibility index (Phi) is 10.4. The second kappa shape index (κ2) is 17.8. The Hall–Kier alpha value is -9.58. The predicted molar refractivity (Wildman–Crippen MR) is 299 cm³/mol. The topological polar surface area (TPSA) is 19.6 Å². The van der Waals surface area contributed by atoms with E-state index < -0.39 is 0 Å². The van der Waals surface area contributed by atoms with E-state index in [4.69, 9.17) is 0 Å². The van der Waals surface area contributed by atoms with E-state index in [1.807, 2.05) is 0 Å². The van der Waals surface area contributed by atoms with Crippen LogP contribution in [0.25, 0.3) is 55.0 Å². The van der Waals surface area contributed by atoms with Crippen LogP contribution in [0.5, 0.6) is 0 Å². The quantitative estimate of drug-likeness (QED) is 0.129. The van der Waals surface area contributed by atoms with Crippen molar-refractivity contribution in [1.82, 2.24) is 9.13 Å². The molecule has 2 aromatic heterocycles. The molecule has 0 radical (unpaired) electrons. The Morgan fingerprint density at radius 3 is 0.831 bits per heavy atom. The molecular formula is C66H47N5. The van der Waals surface area contributed by atoms with Gasteiger partial charge in [-0.1, -0.05) is 152 Å². The second-order valence-corrected chi connectivity index (χ2v) is 17.8. The molecule has 0 amide bonds. The maximum Gasteiger partial charge on any atom is 0.0561 e. The molecule has 0 aliphatic rings. The summed E-state index contributed by atoms with van der Waals surface area (Å²) in [6.45, 7) is 0. The Labute approximate surface area is 413 Å². The number of aromatic nitrogens is 2. The summed E-state index contributed by atoms with van der Waals surface area (Å²) in [5.74, 6) is 0. The highest BCUT2D eigenvalue weighted by Gasteiger charge is 2.23. The van der Waals surface area contributed by atoms with Crippen molar-refractivity contribution in [3.05, 3.63) is 285 Å². The van der Waals surface area contributed by atoms with Crippen molar-refractivity contribution in [2.24, 2.45) is 0 Å². The molecular weight excluding hydrogens is 863 g/mol. The third-order valence-electron chi connectivity index (χ3n) is 13.6. The lowest BCUT2D eigenvalue weighted by Crippen LogP contribution is -2.14. The zero-order chi connectivity index (χ0) is 47.1. The van der Waals surface area contributed by atoms with Crippen molar-refractivity contribution in [2.45, 2.75) is 0 Å². The van der Waals surface area contributed by atoms with Crippen molar-refractivity contribution in [1.29, 1.82) is 0 Å². The molecule has 0 N–H and O–H groups in total. The molecule has 0 spiro atoms. The average molecular weight is 910 g/mol. The number of para-hydroxylation sites is 7. The third-order valence-corrected chi connectivity index (χ3v) is 13.6. The molecule has 2 heterocycles. The van der Waals surface area contributed by atoms with Crippen LogP contribution < -0.4 is 14.7 Å². The molecule has 71 heavy (non-hydrogen) atoms. The lowest BCUT2D eigenvalue weighted by Gasteiger charge is -2.31. The summed E-state index contributed by atoms with van der Waals surface area (Å²) in [5, 5.41) is 4.86. The van der Waals surface area contributed by atoms with Gasteiger partial charge >= 0.3 is 0 Å². The van der Waals surface area contributed by atoms with Gasteiger partial charge in [0.1, 0.15) is 0 Å². The average Bonchev–Trinajstić information content (AvgIpc) is 3.95. The van der Waals surface area contributed by atoms with E-state index in [1.165, 1.54) is 32.6 Å². The summed E-state index contributed by atoms with van der Waals surface area (Å²) in [6, 6.07) is 103. The molecule has 5 heteroatoms. The molecule has 0 atom stereocenters. The molecule has 0 aliphatic carbocycles. The zero-order valence-electron chi connectivity index (χ0n) is 38.9. The number of hydrogen-bond donors (Lipinski definition) is 0. The van der Waals surface area contributed by atoms with Gasteiger partial charge in [-0.05, 0) is 133 Å². The number of hydrogen-bond acceptors (Lipinski definition) is 3. The fourth-order valence-electron chi connectivity index (χ4n) is 10.5. The molecule has 5 nitrogen and oxygen atoms in total. The third kappa shape index (κ3) is 7.45. The molecule has 0 bridgehead atoms. The van der Waals surface area contributed by atoms with Crippen molar-refractivity contribution >= 4 is 94.8 Å². The first-order valence-electron chi connectivity index (χ1n) is 24.2. The van der Waals surface area contributed by atoms with Gasteiger partial charge in [-0.15, -0.1) is 0 Å². The maximum absolute atomic E-state index is 2.41. The minimum Gasteiger partial charge on any atom is -0.310 e. The molecule has 0 aliphatic heterocycles. The lowest BCUT2D eigenvalue weighted by atomic mass is 10.1. The monoisotopic (exact) mass is 909 g/mol. The van der Waals surface area contributed by atoms with E-state index in [-0.39, 0.29) is 0 Å². The summed E-state index contributed by atoms with van der Waals surface area (Å²) in [7, 11) is 0. The second-order valence-electron chi connectivity index (χ2n) is 17.8. The normalized spacial score (nSPS) is 11.4. The van der Waals surface area contributed by atoms with Gasteiger partial charge in [0.15, 0.2) is 0 Å². The Balaban J connectivity index is 1.03. The Morgan fingerprint density at radius 1 is 0.183 bits per heavy atom. The van der Waals surface area contributed by atoms with Crippen molar-refractivity contribution in [3.63, 3.8) is 0 Å². The van der Waals surface area contributed by atoms with E-state index >= 15 is 0 Å². The van der Waals surface area contributed by atoms with Crippen molar-refractivity contribution in [3.8, 4) is 11.4 Å². The first-order valence-corrected chi connectivity index (χ1v) is 24.2. The molecule has 13 aromatic rings. The Bertz CT molecular complexity index is 3960. The van der Waals surface area contributed by atoms with Gasteiger partial charge in [-0.3, -0.25) is 0 Å². The fourth-order valence-corrected chi connectivity index (χ4v) is 10.5. The van der Waals surface area contributed by atoms with Crippen LogP contribution >= 0.6 is 0 Å². The highest BCUT2D eigenvalue weighted by molar-refractivity contribution is 6.11. The molecule has 0 unspecified atom stereocenters. The number of fused-ring (bicyclic) bond motifs is 6. The van der Waals surface area contributed by atoms with Crippen LogP contribution in [0.15, 0.2) is 285 Å². The minimum atomic E-state index is 1.02. The lowest BCUT2D eigenvalue weighted by molar-refractivity contribution is 1.17. The summed E-state index contributed by atoms with van der Waals surface area (Å²) < 4.78 is 4.79. The van der Waals surface area contributed by atoms with Crippen LogP contribution in [0.1, 0.15) is 0 Å². The van der Waals surface area contributed by atoms with Gasteiger partial charge in [0.05, 0.1) is 22.1 Å². The number of rotatable bonds is 11. The van der Waals surface area contributed by atoms with Crippen LogP contribution in [-0.4, -0.2) is 9.13 Å². The van der Waals surface area contributed by atoms with E-state index in [9.17, 15) is 0 Å². The molecule has 0 fully saturated rings.